The summed E-state index contributed by atoms with van der Waals surface area (Å²) in [4.78, 5) is 19.9. The lowest BCUT2D eigenvalue weighted by Gasteiger charge is -2.26. The summed E-state index contributed by atoms with van der Waals surface area (Å²) < 4.78 is 66.4. The maximum Gasteiger partial charge on any atom is 0.416 e. The first-order chi connectivity index (χ1) is 11.6. The van der Waals surface area contributed by atoms with Gasteiger partial charge in [0.05, 0.1) is 35.2 Å². The molecule has 0 bridgehead atoms. The fourth-order valence-corrected chi connectivity index (χ4v) is 2.88. The van der Waals surface area contributed by atoms with Crippen molar-refractivity contribution in [2.45, 2.75) is 18.4 Å². The number of fused-ring (bicyclic) bond motifs is 1. The summed E-state index contributed by atoms with van der Waals surface area (Å²) in [5, 5.41) is 2.88. The van der Waals surface area contributed by atoms with Crippen LogP contribution in [0.4, 0.5) is 22.0 Å². The molecule has 2 N–H and O–H groups in total. The molecule has 0 aliphatic carbocycles. The summed E-state index contributed by atoms with van der Waals surface area (Å²) in [7, 11) is 1.22. The zero-order valence-corrected chi connectivity index (χ0v) is 13.9. The van der Waals surface area contributed by atoms with E-state index in [1.54, 1.807) is 0 Å². The van der Waals surface area contributed by atoms with Gasteiger partial charge in [-0.15, -0.1) is 0 Å². The number of aromatic nitrogens is 2. The predicted octanol–water partition coefficient (Wildman–Crippen LogP) is 2.44. The van der Waals surface area contributed by atoms with Crippen LogP contribution in [-0.4, -0.2) is 40.4 Å². The molecule has 1 unspecified atom stereocenters. The molecule has 0 radical (unpaired) electrons. The third kappa shape index (κ3) is 3.74. The van der Waals surface area contributed by atoms with E-state index in [-0.39, 0.29) is 35.9 Å². The molecule has 1 amide bonds. The number of hydrogen-bond donors (Lipinski definition) is 2. The van der Waals surface area contributed by atoms with E-state index in [1.165, 1.54) is 14.1 Å². The summed E-state index contributed by atoms with van der Waals surface area (Å²) in [5.74, 6) is -0.0423. The van der Waals surface area contributed by atoms with Crippen LogP contribution in [0.3, 0.4) is 0 Å². The molecule has 1 saturated heterocycles. The number of imidazole rings is 1. The molecule has 136 valence electrons. The fraction of sp³-hybridized carbons (Fsp3) is 0.429. The van der Waals surface area contributed by atoms with Crippen LogP contribution in [0.25, 0.3) is 11.0 Å². The third-order valence-corrected chi connectivity index (χ3v) is 4.16. The Balaban J connectivity index is 2.04. The molecular formula is C14H14F5N4OP. The fourth-order valence-electron chi connectivity index (χ4n) is 2.66. The molecule has 1 atom stereocenters. The van der Waals surface area contributed by atoms with Gasteiger partial charge in [0.15, 0.2) is 0 Å². The highest BCUT2D eigenvalue weighted by Gasteiger charge is 2.36. The quantitative estimate of drug-likeness (QED) is 0.635. The molecule has 0 spiro atoms. The number of benzene rings is 1. The molecule has 1 aromatic heterocycles. The van der Waals surface area contributed by atoms with Crippen molar-refractivity contribution in [1.29, 1.82) is 0 Å². The van der Waals surface area contributed by atoms with Gasteiger partial charge in [-0.05, 0) is 12.1 Å². The number of nitrogens with zero attached hydrogens (tertiary/aromatic N) is 2. The molecule has 11 heteroatoms. The number of amides is 1. The molecule has 25 heavy (non-hydrogen) atoms. The Morgan fingerprint density at radius 2 is 1.96 bits per heavy atom. The summed E-state index contributed by atoms with van der Waals surface area (Å²) in [5.41, 5.74) is -5.99. The van der Waals surface area contributed by atoms with E-state index in [0.717, 1.165) is 6.07 Å². The number of alkyl halides is 5. The van der Waals surface area contributed by atoms with Crippen molar-refractivity contribution in [1.82, 2.24) is 20.2 Å². The Kier molecular flexibility index (Phi) is 4.45. The SMILES string of the molecule is O=C1CNCCN1Cc1nc2c(C(F)(F)P)cc(C(F)(F)F)cc2[nH]1. The van der Waals surface area contributed by atoms with E-state index in [0.29, 0.717) is 19.2 Å². The zero-order valence-electron chi connectivity index (χ0n) is 12.8. The highest BCUT2D eigenvalue weighted by molar-refractivity contribution is 7.17. The second-order valence-electron chi connectivity index (χ2n) is 5.72. The van der Waals surface area contributed by atoms with E-state index in [1.807, 2.05) is 0 Å². The number of piperazine rings is 1. The first-order valence-electron chi connectivity index (χ1n) is 7.31. The van der Waals surface area contributed by atoms with Crippen LogP contribution >= 0.6 is 9.24 Å². The predicted molar refractivity (Wildman–Crippen MR) is 83.0 cm³/mol. The van der Waals surface area contributed by atoms with Crippen molar-refractivity contribution >= 4 is 26.2 Å². The van der Waals surface area contributed by atoms with Gasteiger partial charge in [-0.25, -0.2) is 4.98 Å². The molecule has 5 nitrogen and oxygen atoms in total. The van der Waals surface area contributed by atoms with Crippen LogP contribution in [0.1, 0.15) is 17.0 Å². The summed E-state index contributed by atoms with van der Waals surface area (Å²) in [6, 6.07) is 1.14. The van der Waals surface area contributed by atoms with Gasteiger partial charge < -0.3 is 15.2 Å². The molecule has 1 fully saturated rings. The first kappa shape index (κ1) is 18.0. The minimum Gasteiger partial charge on any atom is -0.340 e. The van der Waals surface area contributed by atoms with Gasteiger partial charge in [0.2, 0.25) is 5.91 Å². The van der Waals surface area contributed by atoms with Crippen LogP contribution in [0.5, 0.6) is 0 Å². The number of carbonyl (C=O) groups is 1. The summed E-state index contributed by atoms with van der Waals surface area (Å²) in [6.45, 7) is 1.13. The minimum absolute atomic E-state index is 0.0123. The molecule has 1 aromatic carbocycles. The molecule has 0 saturated carbocycles. The largest absolute Gasteiger partial charge is 0.416 e. The van der Waals surface area contributed by atoms with Crippen molar-refractivity contribution in [3.05, 3.63) is 29.1 Å². The molecule has 1 aliphatic heterocycles. The Labute approximate surface area is 141 Å². The number of hydrogen-bond acceptors (Lipinski definition) is 3. The topological polar surface area (TPSA) is 61.0 Å². The van der Waals surface area contributed by atoms with Crippen molar-refractivity contribution in [3.63, 3.8) is 0 Å². The minimum atomic E-state index is -4.77. The Morgan fingerprint density at radius 3 is 2.56 bits per heavy atom. The van der Waals surface area contributed by atoms with Crippen molar-refractivity contribution in [3.8, 4) is 0 Å². The van der Waals surface area contributed by atoms with Gasteiger partial charge in [0, 0.05) is 13.1 Å². The molecule has 2 aromatic rings. The number of rotatable bonds is 3. The van der Waals surface area contributed by atoms with Gasteiger partial charge in [0.25, 0.3) is 5.66 Å². The van der Waals surface area contributed by atoms with E-state index in [4.69, 9.17) is 0 Å². The standard InChI is InChI=1S/C14H14F5N4OP/c15-13(16,17)7-3-8(14(18,19)25)12-9(4-7)21-10(22-12)6-23-2-1-20-5-11(23)24/h3-4,20H,1-2,5-6,25H2,(H,21,22). The number of nitrogens with one attached hydrogen (secondary N) is 2. The highest BCUT2D eigenvalue weighted by atomic mass is 31.0. The Bertz CT molecular complexity index is 814. The monoisotopic (exact) mass is 380 g/mol. The third-order valence-electron chi connectivity index (χ3n) is 3.85. The van der Waals surface area contributed by atoms with E-state index >= 15 is 0 Å². The van der Waals surface area contributed by atoms with E-state index in [2.05, 4.69) is 15.3 Å². The second kappa shape index (κ2) is 6.17. The van der Waals surface area contributed by atoms with Gasteiger partial charge >= 0.3 is 6.18 Å². The summed E-state index contributed by atoms with van der Waals surface area (Å²) >= 11 is 0. The average molecular weight is 380 g/mol. The van der Waals surface area contributed by atoms with Crippen LogP contribution in [0, 0.1) is 0 Å². The molecule has 3 rings (SSSR count). The van der Waals surface area contributed by atoms with Gasteiger partial charge in [-0.3, -0.25) is 4.79 Å². The summed E-state index contributed by atoms with van der Waals surface area (Å²) in [6.07, 6.45) is -4.77. The number of aromatic amines is 1. The first-order valence-corrected chi connectivity index (χ1v) is 7.89. The van der Waals surface area contributed by atoms with Crippen LogP contribution in [0.2, 0.25) is 0 Å². The average Bonchev–Trinajstić information content (AvgIpc) is 2.88. The number of halogens is 5. The van der Waals surface area contributed by atoms with Crippen molar-refractivity contribution in [2.24, 2.45) is 0 Å². The number of H-pyrrole nitrogens is 1. The van der Waals surface area contributed by atoms with Gasteiger partial charge in [-0.2, -0.15) is 22.0 Å². The number of carbonyl (C=O) groups excluding carboxylic acids is 1. The smallest absolute Gasteiger partial charge is 0.340 e. The Hall–Kier alpha value is -1.80. The van der Waals surface area contributed by atoms with Crippen LogP contribution in [0.15, 0.2) is 12.1 Å². The lowest BCUT2D eigenvalue weighted by molar-refractivity contribution is -0.137. The van der Waals surface area contributed by atoms with Crippen LogP contribution in [-0.2, 0) is 23.2 Å². The van der Waals surface area contributed by atoms with Crippen molar-refractivity contribution < 1.29 is 26.7 Å². The maximum absolute atomic E-state index is 13.8. The van der Waals surface area contributed by atoms with E-state index < -0.39 is 23.0 Å². The van der Waals surface area contributed by atoms with E-state index in [9.17, 15) is 26.7 Å². The molecular weight excluding hydrogens is 366 g/mol. The zero-order chi connectivity index (χ0) is 18.4. The second-order valence-corrected chi connectivity index (χ2v) is 6.44. The van der Waals surface area contributed by atoms with Gasteiger partial charge in [0.1, 0.15) is 5.82 Å². The normalized spacial score (nSPS) is 16.7. The maximum atomic E-state index is 13.8. The van der Waals surface area contributed by atoms with Crippen LogP contribution < -0.4 is 5.32 Å². The van der Waals surface area contributed by atoms with Crippen molar-refractivity contribution in [2.75, 3.05) is 19.6 Å². The molecule has 1 aliphatic rings. The van der Waals surface area contributed by atoms with Gasteiger partial charge in [-0.1, -0.05) is 9.24 Å². The Morgan fingerprint density at radius 1 is 1.24 bits per heavy atom. The molecule has 2 heterocycles. The highest BCUT2D eigenvalue weighted by Crippen LogP contribution is 2.41. The lowest BCUT2D eigenvalue weighted by Crippen LogP contribution is -2.47. The lowest BCUT2D eigenvalue weighted by atomic mass is 10.1.